The lowest BCUT2D eigenvalue weighted by molar-refractivity contribution is 0.0206. The van der Waals surface area contributed by atoms with Crippen LogP contribution in [-0.2, 0) is 11.4 Å². The minimum atomic E-state index is -0.105. The van der Waals surface area contributed by atoms with Crippen molar-refractivity contribution in [2.45, 2.75) is 6.67 Å². The fraction of sp³-hybridized carbons (Fsp3) is 0.316. The van der Waals surface area contributed by atoms with Crippen molar-refractivity contribution in [1.82, 2.24) is 19.7 Å². The number of benzene rings is 1. The number of hydrogen-bond acceptors (Lipinski definition) is 6. The van der Waals surface area contributed by atoms with E-state index in [9.17, 15) is 4.79 Å². The molecule has 134 valence electrons. The zero-order chi connectivity index (χ0) is 17.9. The molecule has 2 aromatic heterocycles. The Kier molecular flexibility index (Phi) is 4.64. The molecule has 3 heterocycles. The van der Waals surface area contributed by atoms with Crippen molar-refractivity contribution in [3.63, 3.8) is 0 Å². The van der Waals surface area contributed by atoms with Crippen molar-refractivity contribution in [3.05, 3.63) is 53.1 Å². The number of morpholine rings is 1. The normalized spacial score (nSPS) is 15.3. The minimum absolute atomic E-state index is 0.105. The number of rotatable bonds is 4. The molecule has 3 aromatic rings. The van der Waals surface area contributed by atoms with Crippen molar-refractivity contribution in [2.75, 3.05) is 33.4 Å². The number of nitrogens with zero attached hydrogens (tertiary/aromatic N) is 4. The van der Waals surface area contributed by atoms with Gasteiger partial charge >= 0.3 is 0 Å². The number of ether oxygens (including phenoxy) is 2. The fourth-order valence-electron chi connectivity index (χ4n) is 3.14. The first-order valence-corrected chi connectivity index (χ1v) is 8.55. The van der Waals surface area contributed by atoms with Crippen LogP contribution in [0.25, 0.3) is 22.0 Å². The van der Waals surface area contributed by atoms with Crippen LogP contribution in [0.2, 0.25) is 0 Å². The monoisotopic (exact) mass is 352 g/mol. The van der Waals surface area contributed by atoms with Gasteiger partial charge in [-0.1, -0.05) is 0 Å². The molecule has 0 bridgehead atoms. The molecule has 1 aliphatic heterocycles. The van der Waals surface area contributed by atoms with Gasteiger partial charge in [0.15, 0.2) is 0 Å². The van der Waals surface area contributed by atoms with Gasteiger partial charge in [-0.15, -0.1) is 0 Å². The molecule has 4 rings (SSSR count). The summed E-state index contributed by atoms with van der Waals surface area (Å²) in [4.78, 5) is 19.2. The summed E-state index contributed by atoms with van der Waals surface area (Å²) in [5.41, 5.74) is 1.55. The molecular formula is C19H20N4O3. The van der Waals surface area contributed by atoms with E-state index in [-0.39, 0.29) is 5.56 Å². The van der Waals surface area contributed by atoms with Crippen LogP contribution in [0.1, 0.15) is 0 Å². The van der Waals surface area contributed by atoms with Crippen molar-refractivity contribution < 1.29 is 9.47 Å². The summed E-state index contributed by atoms with van der Waals surface area (Å²) < 4.78 is 12.3. The van der Waals surface area contributed by atoms with Crippen molar-refractivity contribution in [2.24, 2.45) is 0 Å². The molecule has 0 radical (unpaired) electrons. The van der Waals surface area contributed by atoms with Gasteiger partial charge in [-0.25, -0.2) is 4.68 Å². The second-order valence-electron chi connectivity index (χ2n) is 6.17. The Morgan fingerprint density at radius 2 is 1.88 bits per heavy atom. The lowest BCUT2D eigenvalue weighted by Gasteiger charge is -2.26. The molecule has 0 spiro atoms. The molecule has 1 aromatic carbocycles. The molecule has 26 heavy (non-hydrogen) atoms. The Morgan fingerprint density at radius 3 is 2.62 bits per heavy atom. The highest BCUT2D eigenvalue weighted by atomic mass is 16.5. The topological polar surface area (TPSA) is 69.5 Å². The van der Waals surface area contributed by atoms with Gasteiger partial charge in [0, 0.05) is 36.4 Å². The Hall–Kier alpha value is -2.77. The molecule has 0 N–H and O–H groups in total. The van der Waals surface area contributed by atoms with E-state index >= 15 is 0 Å². The quantitative estimate of drug-likeness (QED) is 0.713. The fourth-order valence-corrected chi connectivity index (χ4v) is 3.14. The predicted octanol–water partition coefficient (Wildman–Crippen LogP) is 1.76. The summed E-state index contributed by atoms with van der Waals surface area (Å²) in [5, 5.41) is 6.08. The average Bonchev–Trinajstić information content (AvgIpc) is 2.71. The summed E-state index contributed by atoms with van der Waals surface area (Å²) in [7, 11) is 1.61. The molecule has 1 saturated heterocycles. The molecule has 7 heteroatoms. The van der Waals surface area contributed by atoms with Crippen LogP contribution in [0, 0.1) is 0 Å². The zero-order valence-electron chi connectivity index (χ0n) is 14.6. The average molecular weight is 352 g/mol. The van der Waals surface area contributed by atoms with Gasteiger partial charge in [0.25, 0.3) is 5.56 Å². The Labute approximate surface area is 150 Å². The van der Waals surface area contributed by atoms with Crippen molar-refractivity contribution in [1.29, 1.82) is 0 Å². The lowest BCUT2D eigenvalue weighted by Crippen LogP contribution is -2.40. The molecule has 0 unspecified atom stereocenters. The Bertz CT molecular complexity index is 966. The van der Waals surface area contributed by atoms with Gasteiger partial charge in [0.2, 0.25) is 0 Å². The lowest BCUT2D eigenvalue weighted by atomic mass is 10.1. The molecular weight excluding hydrogens is 332 g/mol. The number of pyridine rings is 1. The van der Waals surface area contributed by atoms with Gasteiger partial charge in [-0.2, -0.15) is 5.10 Å². The van der Waals surface area contributed by atoms with Crippen LogP contribution in [0.4, 0.5) is 0 Å². The van der Waals surface area contributed by atoms with E-state index in [1.54, 1.807) is 31.6 Å². The molecule has 1 aliphatic rings. The maximum absolute atomic E-state index is 13.0. The second-order valence-corrected chi connectivity index (χ2v) is 6.17. The molecule has 0 aliphatic carbocycles. The van der Waals surface area contributed by atoms with Crippen molar-refractivity contribution >= 4 is 10.8 Å². The first-order chi connectivity index (χ1) is 12.8. The zero-order valence-corrected chi connectivity index (χ0v) is 14.6. The van der Waals surface area contributed by atoms with Crippen LogP contribution >= 0.6 is 0 Å². The van der Waals surface area contributed by atoms with Gasteiger partial charge in [-0.05, 0) is 30.3 Å². The van der Waals surface area contributed by atoms with Crippen LogP contribution in [0.5, 0.6) is 5.75 Å². The van der Waals surface area contributed by atoms with E-state index in [2.05, 4.69) is 15.0 Å². The molecule has 0 amide bonds. The third-order valence-corrected chi connectivity index (χ3v) is 4.56. The highest BCUT2D eigenvalue weighted by Crippen LogP contribution is 2.27. The number of hydrogen-bond donors (Lipinski definition) is 0. The predicted molar refractivity (Wildman–Crippen MR) is 98.2 cm³/mol. The number of methoxy groups -OCH3 is 1. The van der Waals surface area contributed by atoms with E-state index in [0.717, 1.165) is 29.7 Å². The Balaban J connectivity index is 1.88. The van der Waals surface area contributed by atoms with E-state index in [4.69, 9.17) is 9.47 Å². The van der Waals surface area contributed by atoms with E-state index < -0.39 is 0 Å². The first kappa shape index (κ1) is 16.7. The molecule has 0 atom stereocenters. The molecule has 0 saturated carbocycles. The van der Waals surface area contributed by atoms with Crippen LogP contribution in [0.3, 0.4) is 0 Å². The largest absolute Gasteiger partial charge is 0.497 e. The van der Waals surface area contributed by atoms with Crippen LogP contribution in [0.15, 0.2) is 47.5 Å². The number of aromatic nitrogens is 3. The highest BCUT2D eigenvalue weighted by molar-refractivity contribution is 5.94. The van der Waals surface area contributed by atoms with Crippen molar-refractivity contribution in [3.8, 4) is 17.0 Å². The SMILES string of the molecule is COc1ccc2c(=O)n(CN3CCOCC3)nc(-c3ccncc3)c2c1. The summed E-state index contributed by atoms with van der Waals surface area (Å²) in [6.07, 6.45) is 3.45. The van der Waals surface area contributed by atoms with Crippen LogP contribution in [-0.4, -0.2) is 53.1 Å². The highest BCUT2D eigenvalue weighted by Gasteiger charge is 2.16. The summed E-state index contributed by atoms with van der Waals surface area (Å²) in [5.74, 6) is 0.694. The first-order valence-electron chi connectivity index (χ1n) is 8.55. The van der Waals surface area contributed by atoms with E-state index in [1.165, 1.54) is 4.68 Å². The standard InChI is InChI=1S/C19H20N4O3/c1-25-15-2-3-16-17(12-15)18(14-4-6-20-7-5-14)21-23(19(16)24)13-22-8-10-26-11-9-22/h2-7,12H,8-11,13H2,1H3. The summed E-state index contributed by atoms with van der Waals surface area (Å²) in [6.45, 7) is 3.38. The maximum Gasteiger partial charge on any atom is 0.275 e. The van der Waals surface area contributed by atoms with Gasteiger partial charge in [0.05, 0.1) is 38.1 Å². The third kappa shape index (κ3) is 3.18. The minimum Gasteiger partial charge on any atom is -0.497 e. The van der Waals surface area contributed by atoms with E-state index in [0.29, 0.717) is 31.0 Å². The van der Waals surface area contributed by atoms with E-state index in [1.807, 2.05) is 18.2 Å². The van der Waals surface area contributed by atoms with Gasteiger partial charge in [0.1, 0.15) is 5.75 Å². The Morgan fingerprint density at radius 1 is 1.12 bits per heavy atom. The van der Waals surface area contributed by atoms with Crippen LogP contribution < -0.4 is 10.3 Å². The summed E-state index contributed by atoms with van der Waals surface area (Å²) in [6, 6.07) is 9.26. The summed E-state index contributed by atoms with van der Waals surface area (Å²) >= 11 is 0. The van der Waals surface area contributed by atoms with Gasteiger partial charge in [-0.3, -0.25) is 14.7 Å². The maximum atomic E-state index is 13.0. The van der Waals surface area contributed by atoms with Gasteiger partial charge < -0.3 is 9.47 Å². The third-order valence-electron chi connectivity index (χ3n) is 4.56. The smallest absolute Gasteiger partial charge is 0.275 e. The number of fused-ring (bicyclic) bond motifs is 1. The molecule has 1 fully saturated rings. The molecule has 7 nitrogen and oxygen atoms in total. The second kappa shape index (κ2) is 7.23.